The van der Waals surface area contributed by atoms with Gasteiger partial charge in [0.1, 0.15) is 0 Å². The van der Waals surface area contributed by atoms with E-state index in [2.05, 4.69) is 214 Å². The third kappa shape index (κ3) is 5.56. The highest BCUT2D eigenvalue weighted by Crippen LogP contribution is 2.47. The molecule has 12 rings (SSSR count). The van der Waals surface area contributed by atoms with Crippen LogP contribution in [-0.2, 0) is 5.41 Å². The maximum atomic E-state index is 2.52. The van der Waals surface area contributed by atoms with Crippen molar-refractivity contribution in [3.63, 3.8) is 0 Å². The molecule has 2 aliphatic heterocycles. The predicted octanol–water partition coefficient (Wildman–Crippen LogP) is 13.9. The largest absolute Gasteiger partial charge is 0.247 e. The molecule has 10 aromatic carbocycles. The molecule has 2 heterocycles. The van der Waals surface area contributed by atoms with Crippen molar-refractivity contribution in [3.05, 3.63) is 211 Å². The predicted molar refractivity (Wildman–Crippen MR) is 260 cm³/mol. The van der Waals surface area contributed by atoms with Crippen LogP contribution in [0.4, 0.5) is 0 Å². The Morgan fingerprint density at radius 2 is 0.900 bits per heavy atom. The minimum Gasteiger partial charge on any atom is -0.0911 e. The van der Waals surface area contributed by atoms with Gasteiger partial charge >= 0.3 is 0 Å². The van der Waals surface area contributed by atoms with Gasteiger partial charge in [0.05, 0.1) is 0 Å². The molecule has 0 saturated carbocycles. The van der Waals surface area contributed by atoms with Gasteiger partial charge in [0.25, 0.3) is 0 Å². The highest BCUT2D eigenvalue weighted by atomic mass is 32.2. The summed E-state index contributed by atoms with van der Waals surface area (Å²) in [7, 11) is 0. The summed E-state index contributed by atoms with van der Waals surface area (Å²) in [6, 6.07) is 75.0. The standard InChI is InChI=1S/C57H39BS2/c1-57(2,40-17-4-3-5-18-40)41-31-32-51-49(35-41)58-48-25-12-13-26-50(48)59-52-33-39(34-53(60-51)56(52)58)55-46-22-10-8-20-44(46)54(45-21-9-11-23-47(45)55)38-29-27-37(28-30-38)43-24-14-16-36-15-6-7-19-42(36)43/h3-35H,1-2H3. The van der Waals surface area contributed by atoms with E-state index in [1.54, 1.807) is 0 Å². The third-order valence-electron chi connectivity index (χ3n) is 13.1. The quantitative estimate of drug-likeness (QED) is 0.126. The summed E-state index contributed by atoms with van der Waals surface area (Å²) in [4.78, 5) is 5.42. The zero-order chi connectivity index (χ0) is 40.0. The van der Waals surface area contributed by atoms with E-state index in [0.717, 1.165) is 0 Å². The molecule has 0 aliphatic carbocycles. The van der Waals surface area contributed by atoms with Gasteiger partial charge < -0.3 is 0 Å². The van der Waals surface area contributed by atoms with Crippen LogP contribution in [-0.4, -0.2) is 6.71 Å². The summed E-state index contributed by atoms with van der Waals surface area (Å²) in [5, 5.41) is 7.66. The van der Waals surface area contributed by atoms with Crippen LogP contribution in [0.25, 0.3) is 65.7 Å². The Kier molecular flexibility index (Phi) is 8.27. The highest BCUT2D eigenvalue weighted by Gasteiger charge is 2.39. The minimum absolute atomic E-state index is 0.121. The molecule has 0 amide bonds. The molecule has 3 heteroatoms. The summed E-state index contributed by atoms with van der Waals surface area (Å²) < 4.78 is 0. The summed E-state index contributed by atoms with van der Waals surface area (Å²) in [6.45, 7) is 4.90. The zero-order valence-corrected chi connectivity index (χ0v) is 35.1. The number of hydrogen-bond donors (Lipinski definition) is 0. The first-order valence-corrected chi connectivity index (χ1v) is 22.5. The molecule has 0 aromatic heterocycles. The molecule has 2 aliphatic rings. The van der Waals surface area contributed by atoms with E-state index in [0.29, 0.717) is 0 Å². The molecule has 0 N–H and O–H groups in total. The summed E-state index contributed by atoms with van der Waals surface area (Å²) >= 11 is 3.88. The smallest absolute Gasteiger partial charge is 0.0911 e. The van der Waals surface area contributed by atoms with Gasteiger partial charge in [-0.2, -0.15) is 0 Å². The molecule has 60 heavy (non-hydrogen) atoms. The van der Waals surface area contributed by atoms with Crippen LogP contribution in [0.2, 0.25) is 0 Å². The average Bonchev–Trinajstić information content (AvgIpc) is 3.30. The number of fused-ring (bicyclic) bond motifs is 7. The molecule has 0 spiro atoms. The van der Waals surface area contributed by atoms with Crippen molar-refractivity contribution in [1.29, 1.82) is 0 Å². The van der Waals surface area contributed by atoms with Crippen molar-refractivity contribution in [2.75, 3.05) is 0 Å². The van der Waals surface area contributed by atoms with E-state index in [1.807, 2.05) is 23.5 Å². The van der Waals surface area contributed by atoms with Gasteiger partial charge in [-0.1, -0.05) is 224 Å². The van der Waals surface area contributed by atoms with Crippen molar-refractivity contribution in [1.82, 2.24) is 0 Å². The first-order chi connectivity index (χ1) is 29.5. The van der Waals surface area contributed by atoms with E-state index in [1.165, 1.54) is 113 Å². The molecule has 282 valence electrons. The van der Waals surface area contributed by atoms with Crippen LogP contribution in [0.5, 0.6) is 0 Å². The lowest BCUT2D eigenvalue weighted by atomic mass is 9.36. The molecule has 0 saturated heterocycles. The Balaban J connectivity index is 1.02. The molecular formula is C57H39BS2. The number of hydrogen-bond acceptors (Lipinski definition) is 2. The normalized spacial score (nSPS) is 13.0. The minimum atomic E-state index is -0.121. The Bertz CT molecular complexity index is 3270. The molecule has 0 atom stereocenters. The third-order valence-corrected chi connectivity index (χ3v) is 15.4. The second kappa shape index (κ2) is 13.9. The number of benzene rings is 10. The fourth-order valence-electron chi connectivity index (χ4n) is 10.0. The van der Waals surface area contributed by atoms with E-state index < -0.39 is 0 Å². The van der Waals surface area contributed by atoms with Crippen LogP contribution < -0.4 is 16.4 Å². The second-order valence-electron chi connectivity index (χ2n) is 16.8. The van der Waals surface area contributed by atoms with Gasteiger partial charge in [-0.25, -0.2) is 0 Å². The summed E-state index contributed by atoms with van der Waals surface area (Å²) in [6.07, 6.45) is 0. The molecule has 0 radical (unpaired) electrons. The lowest BCUT2D eigenvalue weighted by Gasteiger charge is -2.35. The van der Waals surface area contributed by atoms with Crippen LogP contribution in [0.1, 0.15) is 25.0 Å². The monoisotopic (exact) mass is 798 g/mol. The van der Waals surface area contributed by atoms with Gasteiger partial charge in [0, 0.05) is 25.0 Å². The van der Waals surface area contributed by atoms with Gasteiger partial charge in [-0.05, 0) is 107 Å². The summed E-state index contributed by atoms with van der Waals surface area (Å²) in [5.74, 6) is 0. The van der Waals surface area contributed by atoms with Crippen LogP contribution >= 0.6 is 23.5 Å². The van der Waals surface area contributed by atoms with Gasteiger partial charge in [-0.15, -0.1) is 0 Å². The first-order valence-electron chi connectivity index (χ1n) is 20.9. The van der Waals surface area contributed by atoms with Gasteiger partial charge in [0.15, 0.2) is 0 Å². The first kappa shape index (κ1) is 35.7. The SMILES string of the molecule is CC(C)(c1ccccc1)c1ccc2c(c1)B1c3ccccc3Sc3cc(-c4c5ccccc5c(-c5ccc(-c6cccc7ccccc67)cc5)c5ccccc45)cc(c31)S2. The lowest BCUT2D eigenvalue weighted by molar-refractivity contribution is 0.641. The van der Waals surface area contributed by atoms with E-state index in [4.69, 9.17) is 0 Å². The second-order valence-corrected chi connectivity index (χ2v) is 18.9. The zero-order valence-electron chi connectivity index (χ0n) is 33.4. The van der Waals surface area contributed by atoms with E-state index >= 15 is 0 Å². The van der Waals surface area contributed by atoms with Crippen molar-refractivity contribution in [3.8, 4) is 33.4 Å². The van der Waals surface area contributed by atoms with Crippen LogP contribution in [0, 0.1) is 0 Å². The number of rotatable bonds is 5. The molecular weight excluding hydrogens is 760 g/mol. The molecule has 0 bridgehead atoms. The van der Waals surface area contributed by atoms with Gasteiger partial charge in [0.2, 0.25) is 6.71 Å². The molecule has 0 nitrogen and oxygen atoms in total. The molecule has 0 unspecified atom stereocenters. The lowest BCUT2D eigenvalue weighted by Crippen LogP contribution is -2.58. The van der Waals surface area contributed by atoms with Crippen molar-refractivity contribution in [2.24, 2.45) is 0 Å². The Hall–Kier alpha value is -6.26. The van der Waals surface area contributed by atoms with Crippen molar-refractivity contribution >= 4 is 78.9 Å². The maximum Gasteiger partial charge on any atom is 0.247 e. The highest BCUT2D eigenvalue weighted by molar-refractivity contribution is 8.01. The maximum absolute atomic E-state index is 2.52. The van der Waals surface area contributed by atoms with Crippen LogP contribution in [0.3, 0.4) is 0 Å². The van der Waals surface area contributed by atoms with Crippen molar-refractivity contribution < 1.29 is 0 Å². The summed E-state index contributed by atoms with van der Waals surface area (Å²) in [5.41, 5.74) is 14.4. The molecule has 0 fully saturated rings. The van der Waals surface area contributed by atoms with E-state index in [9.17, 15) is 0 Å². The fourth-order valence-corrected chi connectivity index (χ4v) is 12.5. The van der Waals surface area contributed by atoms with Crippen LogP contribution in [0.15, 0.2) is 220 Å². The Morgan fingerprint density at radius 3 is 1.58 bits per heavy atom. The van der Waals surface area contributed by atoms with E-state index in [-0.39, 0.29) is 12.1 Å². The topological polar surface area (TPSA) is 0 Å². The van der Waals surface area contributed by atoms with Crippen molar-refractivity contribution in [2.45, 2.75) is 38.8 Å². The fraction of sp³-hybridized carbons (Fsp3) is 0.0526. The average molecular weight is 799 g/mol. The Labute approximate surface area is 360 Å². The molecule has 10 aromatic rings. The Morgan fingerprint density at radius 1 is 0.367 bits per heavy atom. The van der Waals surface area contributed by atoms with Gasteiger partial charge in [-0.3, -0.25) is 0 Å².